The Morgan fingerprint density at radius 1 is 1.14 bits per heavy atom. The fourth-order valence-corrected chi connectivity index (χ4v) is 3.82. The molecule has 2 fully saturated rings. The van der Waals surface area contributed by atoms with Crippen LogP contribution in [0.25, 0.3) is 0 Å². The molecule has 3 heterocycles. The average molecular weight is 289 g/mol. The Hall–Kier alpha value is -1.75. The normalized spacial score (nSPS) is 33.9. The Bertz CT molecular complexity index is 547. The van der Waals surface area contributed by atoms with Gasteiger partial charge >= 0.3 is 0 Å². The lowest BCUT2D eigenvalue weighted by Gasteiger charge is -2.39. The second-order valence-electron chi connectivity index (χ2n) is 6.12. The Morgan fingerprint density at radius 3 is 2.52 bits per heavy atom. The number of aliphatic hydroxyl groups excluding tert-OH is 1. The number of rotatable bonds is 1. The van der Waals surface area contributed by atoms with Gasteiger partial charge in [-0.25, -0.2) is 0 Å². The molecule has 5 heteroatoms. The van der Waals surface area contributed by atoms with E-state index < -0.39 is 6.10 Å². The average Bonchev–Trinajstić information content (AvgIpc) is 2.78. The number of hydrogen-bond acceptors (Lipinski definition) is 4. The van der Waals surface area contributed by atoms with Crippen molar-refractivity contribution in [1.82, 2.24) is 4.90 Å². The van der Waals surface area contributed by atoms with Gasteiger partial charge in [0.2, 0.25) is 6.10 Å². The first kappa shape index (κ1) is 13.0. The van der Waals surface area contributed by atoms with Crippen LogP contribution in [-0.4, -0.2) is 46.8 Å². The van der Waals surface area contributed by atoms with Gasteiger partial charge in [0.25, 0.3) is 5.91 Å². The number of piperidine rings is 1. The molecule has 3 aliphatic heterocycles. The van der Waals surface area contributed by atoms with Crippen molar-refractivity contribution >= 4 is 5.91 Å². The summed E-state index contributed by atoms with van der Waals surface area (Å²) in [6.07, 6.45) is 2.50. The summed E-state index contributed by atoms with van der Waals surface area (Å²) in [6.45, 7) is 0.258. The predicted octanol–water partition coefficient (Wildman–Crippen LogP) is 1.34. The highest BCUT2D eigenvalue weighted by Crippen LogP contribution is 2.38. The summed E-state index contributed by atoms with van der Waals surface area (Å²) in [5.41, 5.74) is 0. The van der Waals surface area contributed by atoms with Crippen molar-refractivity contribution in [2.24, 2.45) is 0 Å². The molecular weight excluding hydrogens is 270 g/mol. The first-order valence-corrected chi connectivity index (χ1v) is 7.61. The van der Waals surface area contributed by atoms with E-state index in [0.29, 0.717) is 24.3 Å². The quantitative estimate of drug-likeness (QED) is 0.847. The van der Waals surface area contributed by atoms with Crippen molar-refractivity contribution in [3.8, 4) is 11.5 Å². The van der Waals surface area contributed by atoms with Crippen LogP contribution in [0.4, 0.5) is 0 Å². The van der Waals surface area contributed by atoms with Crippen molar-refractivity contribution in [1.29, 1.82) is 0 Å². The molecule has 3 unspecified atom stereocenters. The van der Waals surface area contributed by atoms with Gasteiger partial charge in [0.15, 0.2) is 11.5 Å². The maximum Gasteiger partial charge on any atom is 0.267 e. The SMILES string of the molecule is O=C(C1COc2ccccc2O1)N1C2CCC1CC(O)C2. The number of amides is 1. The monoisotopic (exact) mass is 289 g/mol. The number of carbonyl (C=O) groups excluding carboxylic acids is 1. The summed E-state index contributed by atoms with van der Waals surface area (Å²) in [5, 5.41) is 9.84. The minimum atomic E-state index is -0.571. The molecule has 1 aromatic rings. The lowest BCUT2D eigenvalue weighted by atomic mass is 9.99. The number of carbonyl (C=O) groups is 1. The highest BCUT2D eigenvalue weighted by molar-refractivity contribution is 5.83. The highest BCUT2D eigenvalue weighted by atomic mass is 16.6. The molecule has 2 saturated heterocycles. The number of aliphatic hydroxyl groups is 1. The largest absolute Gasteiger partial charge is 0.485 e. The van der Waals surface area contributed by atoms with Crippen molar-refractivity contribution < 1.29 is 19.4 Å². The van der Waals surface area contributed by atoms with Gasteiger partial charge in [-0.2, -0.15) is 0 Å². The Balaban J connectivity index is 1.52. The zero-order chi connectivity index (χ0) is 14.4. The van der Waals surface area contributed by atoms with E-state index in [9.17, 15) is 9.90 Å². The zero-order valence-corrected chi connectivity index (χ0v) is 11.8. The molecule has 112 valence electrons. The van der Waals surface area contributed by atoms with Gasteiger partial charge in [-0.15, -0.1) is 0 Å². The molecular formula is C16H19NO4. The standard InChI is InChI=1S/C16H19NO4/c18-12-7-10-5-6-11(8-12)17(10)16(19)15-9-20-13-3-1-2-4-14(13)21-15/h1-4,10-12,15,18H,5-9H2. The topological polar surface area (TPSA) is 59.0 Å². The van der Waals surface area contributed by atoms with E-state index in [1.165, 1.54) is 0 Å². The number of para-hydroxylation sites is 2. The molecule has 5 nitrogen and oxygen atoms in total. The smallest absolute Gasteiger partial charge is 0.267 e. The molecule has 1 amide bonds. The number of fused-ring (bicyclic) bond motifs is 3. The van der Waals surface area contributed by atoms with Crippen LogP contribution in [0.3, 0.4) is 0 Å². The fraction of sp³-hybridized carbons (Fsp3) is 0.562. The second kappa shape index (κ2) is 4.91. The van der Waals surface area contributed by atoms with Crippen LogP contribution < -0.4 is 9.47 Å². The van der Waals surface area contributed by atoms with E-state index in [1.807, 2.05) is 29.2 Å². The molecule has 3 aliphatic rings. The van der Waals surface area contributed by atoms with Gasteiger partial charge in [0, 0.05) is 12.1 Å². The van der Waals surface area contributed by atoms with E-state index in [0.717, 1.165) is 12.8 Å². The zero-order valence-electron chi connectivity index (χ0n) is 11.8. The van der Waals surface area contributed by atoms with Gasteiger partial charge < -0.3 is 19.5 Å². The molecule has 0 spiro atoms. The van der Waals surface area contributed by atoms with Crippen molar-refractivity contribution in [3.05, 3.63) is 24.3 Å². The highest BCUT2D eigenvalue weighted by Gasteiger charge is 2.45. The summed E-state index contributed by atoms with van der Waals surface area (Å²) in [4.78, 5) is 14.7. The number of nitrogens with zero attached hydrogens (tertiary/aromatic N) is 1. The Morgan fingerprint density at radius 2 is 1.81 bits per heavy atom. The van der Waals surface area contributed by atoms with Crippen molar-refractivity contribution in [2.45, 2.75) is 50.0 Å². The van der Waals surface area contributed by atoms with E-state index >= 15 is 0 Å². The number of ether oxygens (including phenoxy) is 2. The molecule has 0 saturated carbocycles. The predicted molar refractivity (Wildman–Crippen MR) is 75.2 cm³/mol. The molecule has 1 N–H and O–H groups in total. The summed E-state index contributed by atoms with van der Waals surface area (Å²) >= 11 is 0. The van der Waals surface area contributed by atoms with Gasteiger partial charge in [0.05, 0.1) is 6.10 Å². The van der Waals surface area contributed by atoms with Crippen LogP contribution in [0.5, 0.6) is 11.5 Å². The van der Waals surface area contributed by atoms with Crippen LogP contribution in [-0.2, 0) is 4.79 Å². The number of hydrogen-bond donors (Lipinski definition) is 1. The number of benzene rings is 1. The summed E-state index contributed by atoms with van der Waals surface area (Å²) in [7, 11) is 0. The van der Waals surface area contributed by atoms with Crippen LogP contribution in [0, 0.1) is 0 Å². The van der Waals surface area contributed by atoms with Crippen LogP contribution in [0.15, 0.2) is 24.3 Å². The summed E-state index contributed by atoms with van der Waals surface area (Å²) < 4.78 is 11.5. The van der Waals surface area contributed by atoms with Crippen LogP contribution in [0.2, 0.25) is 0 Å². The van der Waals surface area contributed by atoms with E-state index in [-0.39, 0.29) is 30.7 Å². The van der Waals surface area contributed by atoms with Crippen LogP contribution in [0.1, 0.15) is 25.7 Å². The third kappa shape index (κ3) is 2.16. The van der Waals surface area contributed by atoms with Gasteiger partial charge in [0.1, 0.15) is 6.61 Å². The van der Waals surface area contributed by atoms with Gasteiger partial charge in [-0.05, 0) is 37.8 Å². The van der Waals surface area contributed by atoms with Crippen LogP contribution >= 0.6 is 0 Å². The van der Waals surface area contributed by atoms with Gasteiger partial charge in [-0.1, -0.05) is 12.1 Å². The van der Waals surface area contributed by atoms with Gasteiger partial charge in [-0.3, -0.25) is 4.79 Å². The molecule has 4 rings (SSSR count). The van der Waals surface area contributed by atoms with Crippen molar-refractivity contribution in [2.75, 3.05) is 6.61 Å². The summed E-state index contributed by atoms with van der Waals surface area (Å²) in [5.74, 6) is 1.33. The first-order chi connectivity index (χ1) is 10.2. The Kier molecular flexibility index (Phi) is 3.03. The minimum Gasteiger partial charge on any atom is -0.485 e. The lowest BCUT2D eigenvalue weighted by molar-refractivity contribution is -0.147. The summed E-state index contributed by atoms with van der Waals surface area (Å²) in [6, 6.07) is 7.74. The molecule has 2 bridgehead atoms. The first-order valence-electron chi connectivity index (χ1n) is 7.61. The molecule has 0 radical (unpaired) electrons. The maximum atomic E-state index is 12.8. The molecule has 0 aromatic heterocycles. The lowest BCUT2D eigenvalue weighted by Crippen LogP contribution is -2.54. The third-order valence-corrected chi connectivity index (χ3v) is 4.75. The van der Waals surface area contributed by atoms with Crippen molar-refractivity contribution in [3.63, 3.8) is 0 Å². The third-order valence-electron chi connectivity index (χ3n) is 4.75. The molecule has 0 aliphatic carbocycles. The molecule has 1 aromatic carbocycles. The maximum absolute atomic E-state index is 12.8. The fourth-order valence-electron chi connectivity index (χ4n) is 3.82. The second-order valence-corrected chi connectivity index (χ2v) is 6.12. The van der Waals surface area contributed by atoms with E-state index in [4.69, 9.17) is 9.47 Å². The molecule has 3 atom stereocenters. The van der Waals surface area contributed by atoms with E-state index in [2.05, 4.69) is 0 Å². The Labute approximate surface area is 123 Å². The van der Waals surface area contributed by atoms with E-state index in [1.54, 1.807) is 0 Å². The molecule has 21 heavy (non-hydrogen) atoms. The minimum absolute atomic E-state index is 0.00361.